The van der Waals surface area contributed by atoms with Gasteiger partial charge < -0.3 is 15.1 Å². The summed E-state index contributed by atoms with van der Waals surface area (Å²) in [4.78, 5) is 28.2. The Labute approximate surface area is 207 Å². The minimum absolute atomic E-state index is 0.166. The summed E-state index contributed by atoms with van der Waals surface area (Å²) in [5.41, 5.74) is 1.93. The molecule has 0 radical (unpaired) electrons. The van der Waals surface area contributed by atoms with E-state index in [1.807, 2.05) is 26.0 Å². The molecule has 1 aliphatic heterocycles. The molecule has 0 bridgehead atoms. The number of aromatic nitrogens is 3. The molecule has 1 amide bonds. The molecule has 1 fully saturated rings. The van der Waals surface area contributed by atoms with Crippen molar-refractivity contribution in [3.8, 4) is 22.5 Å². The number of hydrogen-bond acceptors (Lipinski definition) is 6. The number of nitrogens with one attached hydrogen (secondary N) is 1. The number of carbonyl (C=O) groups is 1. The van der Waals surface area contributed by atoms with Crippen molar-refractivity contribution in [2.24, 2.45) is 0 Å². The van der Waals surface area contributed by atoms with Gasteiger partial charge in [0.1, 0.15) is 17.3 Å². The maximum atomic E-state index is 14.7. The van der Waals surface area contributed by atoms with Gasteiger partial charge in [0.15, 0.2) is 0 Å². The Morgan fingerprint density at radius 3 is 2.47 bits per heavy atom. The van der Waals surface area contributed by atoms with Crippen molar-refractivity contribution >= 4 is 38.4 Å². The molecule has 3 aromatic rings. The predicted octanol–water partition coefficient (Wildman–Crippen LogP) is 3.39. The molecule has 4 rings (SSSR count). The lowest BCUT2D eigenvalue weighted by Crippen LogP contribution is -2.42. The van der Waals surface area contributed by atoms with Gasteiger partial charge in [-0.3, -0.25) is 9.78 Å². The summed E-state index contributed by atoms with van der Waals surface area (Å²) < 4.78 is 14.7. The van der Waals surface area contributed by atoms with Crippen LogP contribution in [0, 0.1) is 5.82 Å². The number of anilines is 1. The Bertz CT molecular complexity index is 1120. The van der Waals surface area contributed by atoms with Crippen LogP contribution in [0.1, 0.15) is 12.8 Å². The summed E-state index contributed by atoms with van der Waals surface area (Å²) in [5, 5.41) is 4.00. The van der Waals surface area contributed by atoms with Gasteiger partial charge >= 0.3 is 0 Å². The molecule has 10 heteroatoms. The molecule has 1 unspecified atom stereocenters. The van der Waals surface area contributed by atoms with Gasteiger partial charge in [-0.05, 0) is 57.5 Å². The van der Waals surface area contributed by atoms with E-state index < -0.39 is 0 Å². The van der Waals surface area contributed by atoms with Crippen LogP contribution in [0.2, 0.25) is 5.02 Å². The van der Waals surface area contributed by atoms with E-state index in [-0.39, 0.29) is 11.9 Å². The molecule has 3 heterocycles. The Morgan fingerprint density at radius 2 is 1.85 bits per heavy atom. The SMILES string of the molecule is CN(C)C.O=CNC1CCN(c2cnc(-c3ccc(P)cc3F)c(-c3ccncc3Cl)n2)CC1. The lowest BCUT2D eigenvalue weighted by Gasteiger charge is -2.32. The smallest absolute Gasteiger partial charge is 0.207 e. The van der Waals surface area contributed by atoms with E-state index in [1.54, 1.807) is 30.6 Å². The van der Waals surface area contributed by atoms with Gasteiger partial charge in [0.2, 0.25) is 6.41 Å². The van der Waals surface area contributed by atoms with Gasteiger partial charge in [0.25, 0.3) is 0 Å². The number of hydrogen-bond donors (Lipinski definition) is 1. The quantitative estimate of drug-likeness (QED) is 0.426. The molecule has 0 spiro atoms. The fourth-order valence-corrected chi connectivity index (χ4v) is 4.03. The number of rotatable bonds is 5. The fraction of sp³-hybridized carbons (Fsp3) is 0.333. The van der Waals surface area contributed by atoms with Crippen LogP contribution in [0.15, 0.2) is 42.9 Å². The monoisotopic (exact) mass is 502 g/mol. The summed E-state index contributed by atoms with van der Waals surface area (Å²) in [7, 11) is 8.48. The average molecular weight is 503 g/mol. The third-order valence-corrected chi connectivity index (χ3v) is 5.82. The van der Waals surface area contributed by atoms with Crippen molar-refractivity contribution in [3.63, 3.8) is 0 Å². The van der Waals surface area contributed by atoms with Crippen LogP contribution >= 0.6 is 20.8 Å². The van der Waals surface area contributed by atoms with Crippen LogP contribution in [-0.4, -0.2) is 66.5 Å². The van der Waals surface area contributed by atoms with Crippen molar-refractivity contribution in [2.45, 2.75) is 18.9 Å². The zero-order valence-corrected chi connectivity index (χ0v) is 21.4. The van der Waals surface area contributed by atoms with Crippen molar-refractivity contribution in [1.29, 1.82) is 0 Å². The minimum Gasteiger partial charge on any atom is -0.356 e. The van der Waals surface area contributed by atoms with Crippen molar-refractivity contribution in [1.82, 2.24) is 25.2 Å². The Hall–Kier alpha value is -2.67. The highest BCUT2D eigenvalue weighted by Crippen LogP contribution is 2.35. The van der Waals surface area contributed by atoms with E-state index in [9.17, 15) is 9.18 Å². The second-order valence-corrected chi connectivity index (χ2v) is 9.48. The molecule has 0 saturated carbocycles. The first-order valence-corrected chi connectivity index (χ1v) is 11.8. The van der Waals surface area contributed by atoms with Crippen molar-refractivity contribution in [3.05, 3.63) is 53.7 Å². The number of nitrogens with zero attached hydrogens (tertiary/aromatic N) is 5. The summed E-state index contributed by atoms with van der Waals surface area (Å²) in [6.45, 7) is 1.47. The van der Waals surface area contributed by atoms with Gasteiger partial charge in [-0.15, -0.1) is 9.24 Å². The maximum absolute atomic E-state index is 14.7. The van der Waals surface area contributed by atoms with Crippen LogP contribution in [0.3, 0.4) is 0 Å². The first kappa shape index (κ1) is 25.9. The zero-order chi connectivity index (χ0) is 24.7. The molecule has 1 saturated heterocycles. The van der Waals surface area contributed by atoms with Crippen LogP contribution in [-0.2, 0) is 4.79 Å². The summed E-state index contributed by atoms with van der Waals surface area (Å²) in [6.07, 6.45) is 7.20. The lowest BCUT2D eigenvalue weighted by molar-refractivity contribution is -0.110. The normalized spacial score (nSPS) is 13.9. The van der Waals surface area contributed by atoms with Crippen LogP contribution in [0.25, 0.3) is 22.5 Å². The molecule has 1 atom stereocenters. The van der Waals surface area contributed by atoms with E-state index in [2.05, 4.69) is 29.4 Å². The van der Waals surface area contributed by atoms with E-state index in [0.717, 1.165) is 37.6 Å². The number of benzene rings is 1. The van der Waals surface area contributed by atoms with Crippen molar-refractivity contribution in [2.75, 3.05) is 39.1 Å². The maximum Gasteiger partial charge on any atom is 0.207 e. The number of amides is 1. The summed E-state index contributed by atoms with van der Waals surface area (Å²) in [5.74, 6) is 0.311. The Morgan fingerprint density at radius 1 is 1.15 bits per heavy atom. The molecular weight excluding hydrogens is 474 g/mol. The third kappa shape index (κ3) is 6.69. The standard InChI is InChI=1S/C21H20ClFN5OP.C3H9N/c22-17-10-24-6-3-15(17)21-20(16-2-1-14(30)9-18(16)23)25-11-19(27-21)28-7-4-13(5-8-28)26-12-29;1-4(2)3/h1-3,6,9-13H,4-5,7-8,30H2,(H,26,29);1-3H3. The topological polar surface area (TPSA) is 74.2 Å². The molecule has 1 N–H and O–H groups in total. The van der Waals surface area contributed by atoms with Crippen LogP contribution in [0.5, 0.6) is 0 Å². The largest absolute Gasteiger partial charge is 0.356 e. The second kappa shape index (κ2) is 12.2. The van der Waals surface area contributed by atoms with E-state index in [0.29, 0.717) is 33.4 Å². The highest BCUT2D eigenvalue weighted by Gasteiger charge is 2.23. The molecule has 1 aliphatic rings. The summed E-state index contributed by atoms with van der Waals surface area (Å²) >= 11 is 6.39. The van der Waals surface area contributed by atoms with Gasteiger partial charge in [-0.1, -0.05) is 17.7 Å². The Kier molecular flexibility index (Phi) is 9.28. The minimum atomic E-state index is -0.378. The second-order valence-electron chi connectivity index (χ2n) is 8.41. The first-order valence-electron chi connectivity index (χ1n) is 10.9. The van der Waals surface area contributed by atoms with Gasteiger partial charge in [-0.25, -0.2) is 14.4 Å². The highest BCUT2D eigenvalue weighted by molar-refractivity contribution is 7.27. The molecule has 2 aromatic heterocycles. The number of carbonyl (C=O) groups excluding carboxylic acids is 1. The molecular formula is C24H29ClFN6OP. The van der Waals surface area contributed by atoms with Gasteiger partial charge in [0.05, 0.1) is 16.9 Å². The molecule has 7 nitrogen and oxygen atoms in total. The number of pyridine rings is 1. The molecule has 34 heavy (non-hydrogen) atoms. The van der Waals surface area contributed by atoms with Crippen molar-refractivity contribution < 1.29 is 9.18 Å². The lowest BCUT2D eigenvalue weighted by atomic mass is 10.0. The van der Waals surface area contributed by atoms with E-state index >= 15 is 0 Å². The average Bonchev–Trinajstić information content (AvgIpc) is 2.80. The van der Waals surface area contributed by atoms with Gasteiger partial charge in [-0.2, -0.15) is 0 Å². The fourth-order valence-electron chi connectivity index (χ4n) is 3.58. The summed E-state index contributed by atoms with van der Waals surface area (Å²) in [6, 6.07) is 6.86. The van der Waals surface area contributed by atoms with E-state index in [4.69, 9.17) is 16.6 Å². The molecule has 180 valence electrons. The molecule has 1 aromatic carbocycles. The highest BCUT2D eigenvalue weighted by atomic mass is 35.5. The van der Waals surface area contributed by atoms with E-state index in [1.165, 1.54) is 12.3 Å². The van der Waals surface area contributed by atoms with Gasteiger partial charge in [0, 0.05) is 42.7 Å². The third-order valence-electron chi connectivity index (χ3n) is 5.16. The first-order chi connectivity index (χ1) is 16.3. The number of piperidine rings is 1. The van der Waals surface area contributed by atoms with Crippen LogP contribution < -0.4 is 15.5 Å². The number of halogens is 2. The Balaban J connectivity index is 0.000000751. The van der Waals surface area contributed by atoms with Crippen LogP contribution in [0.4, 0.5) is 10.2 Å². The zero-order valence-electron chi connectivity index (χ0n) is 19.5. The molecule has 0 aliphatic carbocycles. The predicted molar refractivity (Wildman–Crippen MR) is 139 cm³/mol.